The third-order valence-corrected chi connectivity index (χ3v) is 7.06. The monoisotopic (exact) mass is 487 g/mol. The van der Waals surface area contributed by atoms with Gasteiger partial charge in [0.25, 0.3) is 0 Å². The van der Waals surface area contributed by atoms with Crippen molar-refractivity contribution in [3.8, 4) is 11.5 Å². The Bertz CT molecular complexity index is 1420. The Morgan fingerprint density at radius 3 is 2.60 bits per heavy atom. The number of hydrogen-bond donors (Lipinski definition) is 0. The van der Waals surface area contributed by atoms with Crippen LogP contribution in [0.5, 0.6) is 11.5 Å². The molecule has 0 radical (unpaired) electrons. The van der Waals surface area contributed by atoms with Crippen molar-refractivity contribution in [2.45, 2.75) is 25.3 Å². The molecule has 6 nitrogen and oxygen atoms in total. The minimum Gasteiger partial charge on any atom is -0.457 e. The Kier molecular flexibility index (Phi) is 6.51. The van der Waals surface area contributed by atoms with Crippen LogP contribution in [-0.4, -0.2) is 35.5 Å². The number of esters is 1. The highest BCUT2D eigenvalue weighted by molar-refractivity contribution is 8.00. The predicted molar refractivity (Wildman–Crippen MR) is 136 cm³/mol. The van der Waals surface area contributed by atoms with Gasteiger partial charge in [-0.05, 0) is 60.5 Å². The van der Waals surface area contributed by atoms with Crippen molar-refractivity contribution in [2.24, 2.45) is 0 Å². The number of rotatable bonds is 8. The second-order valence-corrected chi connectivity index (χ2v) is 9.49. The Balaban J connectivity index is 1.17. The van der Waals surface area contributed by atoms with Gasteiger partial charge < -0.3 is 18.8 Å². The average Bonchev–Trinajstić information content (AvgIpc) is 3.45. The molecule has 1 aliphatic rings. The van der Waals surface area contributed by atoms with Crippen molar-refractivity contribution in [3.05, 3.63) is 89.2 Å². The number of ketones is 1. The molecule has 0 aliphatic carbocycles. The van der Waals surface area contributed by atoms with Crippen molar-refractivity contribution in [1.82, 2.24) is 4.57 Å². The SMILES string of the molecule is Cc1cc(C(=O)COC(=O)CSc2ccc3ccccc3c2)c(C)n1Cc1ccc2c(c1)OCO2. The summed E-state index contributed by atoms with van der Waals surface area (Å²) in [6.45, 7) is 4.43. The molecule has 5 rings (SSSR count). The van der Waals surface area contributed by atoms with E-state index in [-0.39, 0.29) is 24.9 Å². The number of aromatic nitrogens is 1. The first-order chi connectivity index (χ1) is 17.0. The van der Waals surface area contributed by atoms with Crippen molar-refractivity contribution in [1.29, 1.82) is 0 Å². The normalized spacial score (nSPS) is 12.2. The topological polar surface area (TPSA) is 66.8 Å². The van der Waals surface area contributed by atoms with E-state index in [2.05, 4.69) is 10.6 Å². The third kappa shape index (κ3) is 5.05. The summed E-state index contributed by atoms with van der Waals surface area (Å²) >= 11 is 1.40. The maximum Gasteiger partial charge on any atom is 0.316 e. The fourth-order valence-corrected chi connectivity index (χ4v) is 4.96. The first kappa shape index (κ1) is 23.1. The van der Waals surface area contributed by atoms with E-state index in [0.717, 1.165) is 44.1 Å². The molecule has 0 N–H and O–H groups in total. The molecule has 0 spiro atoms. The van der Waals surface area contributed by atoms with Gasteiger partial charge in [0, 0.05) is 28.4 Å². The van der Waals surface area contributed by atoms with E-state index >= 15 is 0 Å². The lowest BCUT2D eigenvalue weighted by atomic mass is 10.1. The van der Waals surface area contributed by atoms with Crippen LogP contribution in [-0.2, 0) is 16.1 Å². The van der Waals surface area contributed by atoms with Crippen LogP contribution in [0.1, 0.15) is 27.3 Å². The molecule has 1 aromatic heterocycles. The maximum absolute atomic E-state index is 12.8. The second-order valence-electron chi connectivity index (χ2n) is 8.44. The number of ether oxygens (including phenoxy) is 3. The first-order valence-corrected chi connectivity index (χ1v) is 12.3. The van der Waals surface area contributed by atoms with Gasteiger partial charge in [0.1, 0.15) is 0 Å². The van der Waals surface area contributed by atoms with Crippen LogP contribution in [0.3, 0.4) is 0 Å². The zero-order valence-electron chi connectivity index (χ0n) is 19.6. The quantitative estimate of drug-likeness (QED) is 0.184. The van der Waals surface area contributed by atoms with Crippen molar-refractivity contribution in [3.63, 3.8) is 0 Å². The van der Waals surface area contributed by atoms with E-state index in [1.165, 1.54) is 11.8 Å². The molecule has 0 unspecified atom stereocenters. The molecule has 0 fully saturated rings. The van der Waals surface area contributed by atoms with Gasteiger partial charge in [0.05, 0.1) is 5.75 Å². The van der Waals surface area contributed by atoms with Gasteiger partial charge >= 0.3 is 5.97 Å². The number of hydrogen-bond acceptors (Lipinski definition) is 6. The van der Waals surface area contributed by atoms with Crippen molar-refractivity contribution >= 4 is 34.3 Å². The molecule has 0 saturated carbocycles. The van der Waals surface area contributed by atoms with E-state index in [0.29, 0.717) is 12.1 Å². The summed E-state index contributed by atoms with van der Waals surface area (Å²) in [5.41, 5.74) is 3.42. The number of benzene rings is 3. The van der Waals surface area contributed by atoms with E-state index in [4.69, 9.17) is 14.2 Å². The highest BCUT2D eigenvalue weighted by atomic mass is 32.2. The van der Waals surface area contributed by atoms with E-state index in [1.54, 1.807) is 0 Å². The van der Waals surface area contributed by atoms with Gasteiger partial charge in [-0.15, -0.1) is 11.8 Å². The molecule has 3 aromatic carbocycles. The lowest BCUT2D eigenvalue weighted by Gasteiger charge is -2.11. The largest absolute Gasteiger partial charge is 0.457 e. The predicted octanol–water partition coefficient (Wildman–Crippen LogP) is 5.55. The number of aryl methyl sites for hydroxylation is 1. The standard InChI is InChI=1S/C28H25NO5S/c1-18-11-24(19(2)29(18)14-20-7-10-26-27(12-20)34-17-33-26)25(30)15-32-28(31)16-35-23-9-8-21-5-3-4-6-22(21)13-23/h3-13H,14-17H2,1-2H3. The van der Waals surface area contributed by atoms with Gasteiger partial charge in [-0.25, -0.2) is 0 Å². The lowest BCUT2D eigenvalue weighted by molar-refractivity contribution is -0.139. The number of fused-ring (bicyclic) bond motifs is 2. The molecule has 1 aliphatic heterocycles. The maximum atomic E-state index is 12.8. The van der Waals surface area contributed by atoms with Gasteiger partial charge in [-0.3, -0.25) is 9.59 Å². The van der Waals surface area contributed by atoms with Crippen LogP contribution in [0.4, 0.5) is 0 Å². The average molecular weight is 488 g/mol. The summed E-state index contributed by atoms with van der Waals surface area (Å²) in [4.78, 5) is 26.1. The Morgan fingerprint density at radius 1 is 0.943 bits per heavy atom. The number of Topliss-reactive ketones (excluding diaryl/α,β-unsaturated/α-hetero) is 1. The lowest BCUT2D eigenvalue weighted by Crippen LogP contribution is -2.16. The molecule has 7 heteroatoms. The molecule has 35 heavy (non-hydrogen) atoms. The van der Waals surface area contributed by atoms with Gasteiger partial charge in [0.2, 0.25) is 12.6 Å². The molecular formula is C28H25NO5S. The van der Waals surface area contributed by atoms with Crippen LogP contribution < -0.4 is 9.47 Å². The number of carbonyl (C=O) groups is 2. The number of thioether (sulfide) groups is 1. The fraction of sp³-hybridized carbons (Fsp3) is 0.214. The molecule has 0 bridgehead atoms. The van der Waals surface area contributed by atoms with E-state index < -0.39 is 5.97 Å². The van der Waals surface area contributed by atoms with E-state index in [1.807, 2.05) is 74.5 Å². The Morgan fingerprint density at radius 2 is 1.74 bits per heavy atom. The van der Waals surface area contributed by atoms with Crippen LogP contribution in [0.2, 0.25) is 0 Å². The molecule has 2 heterocycles. The summed E-state index contributed by atoms with van der Waals surface area (Å²) < 4.78 is 18.2. The zero-order chi connectivity index (χ0) is 24.4. The fourth-order valence-electron chi connectivity index (χ4n) is 4.21. The Labute approximate surface area is 207 Å². The summed E-state index contributed by atoms with van der Waals surface area (Å²) in [6.07, 6.45) is 0. The number of nitrogens with zero attached hydrogens (tertiary/aromatic N) is 1. The second kappa shape index (κ2) is 9.88. The van der Waals surface area contributed by atoms with Crippen LogP contribution >= 0.6 is 11.8 Å². The molecule has 0 saturated heterocycles. The van der Waals surface area contributed by atoms with Crippen LogP contribution in [0, 0.1) is 13.8 Å². The highest BCUT2D eigenvalue weighted by Gasteiger charge is 2.19. The van der Waals surface area contributed by atoms with Gasteiger partial charge in [-0.1, -0.05) is 36.4 Å². The van der Waals surface area contributed by atoms with Crippen LogP contribution in [0.25, 0.3) is 10.8 Å². The minimum atomic E-state index is -0.411. The summed E-state index contributed by atoms with van der Waals surface area (Å²) in [5.74, 6) is 1.00. The minimum absolute atomic E-state index is 0.148. The smallest absolute Gasteiger partial charge is 0.316 e. The zero-order valence-corrected chi connectivity index (χ0v) is 20.4. The van der Waals surface area contributed by atoms with Crippen LogP contribution in [0.15, 0.2) is 71.6 Å². The van der Waals surface area contributed by atoms with Crippen molar-refractivity contribution < 1.29 is 23.8 Å². The van der Waals surface area contributed by atoms with Gasteiger partial charge in [-0.2, -0.15) is 0 Å². The molecule has 0 atom stereocenters. The summed E-state index contributed by atoms with van der Waals surface area (Å²) in [5, 5.41) is 2.28. The highest BCUT2D eigenvalue weighted by Crippen LogP contribution is 2.33. The Hall–Kier alpha value is -3.71. The molecule has 178 valence electrons. The molecule has 4 aromatic rings. The van der Waals surface area contributed by atoms with Gasteiger partial charge in [0.15, 0.2) is 18.1 Å². The summed E-state index contributed by atoms with van der Waals surface area (Å²) in [7, 11) is 0. The van der Waals surface area contributed by atoms with Crippen molar-refractivity contribution in [2.75, 3.05) is 19.2 Å². The third-order valence-electron chi connectivity index (χ3n) is 6.09. The molecular weight excluding hydrogens is 462 g/mol. The molecule has 0 amide bonds. The summed E-state index contributed by atoms with van der Waals surface area (Å²) in [6, 6.07) is 21.8. The number of carbonyl (C=O) groups excluding carboxylic acids is 2. The first-order valence-electron chi connectivity index (χ1n) is 11.3. The van der Waals surface area contributed by atoms with E-state index in [9.17, 15) is 9.59 Å².